The summed E-state index contributed by atoms with van der Waals surface area (Å²) in [5.41, 5.74) is 1.60. The fourth-order valence-corrected chi connectivity index (χ4v) is 4.26. The van der Waals surface area contributed by atoms with E-state index in [1.54, 1.807) is 0 Å². The summed E-state index contributed by atoms with van der Waals surface area (Å²) in [7, 11) is 0. The van der Waals surface area contributed by atoms with Crippen LogP contribution in [0.1, 0.15) is 62.2 Å². The first kappa shape index (κ1) is 19.7. The minimum Gasteiger partial charge on any atom is -0.293 e. The van der Waals surface area contributed by atoms with E-state index in [-0.39, 0.29) is 17.1 Å². The van der Waals surface area contributed by atoms with Crippen LogP contribution in [0.15, 0.2) is 33.4 Å². The molecule has 0 aliphatic rings. The van der Waals surface area contributed by atoms with Crippen molar-refractivity contribution in [3.8, 4) is 0 Å². The highest BCUT2D eigenvalue weighted by Crippen LogP contribution is 2.25. The predicted molar refractivity (Wildman–Crippen MR) is 109 cm³/mol. The van der Waals surface area contributed by atoms with E-state index in [2.05, 4.69) is 29.1 Å². The SMILES string of the molecule is CC(C)c1ccc(C(=O)CSc2nn3c(=O)c(C(C)(C)C)nnc3s2)cc1. The maximum Gasteiger partial charge on any atom is 0.297 e. The maximum absolute atomic E-state index is 12.6. The number of thioether (sulfide) groups is 1. The molecular weight excluding hydrogens is 380 g/mol. The second-order valence-corrected chi connectivity index (χ2v) is 9.83. The van der Waals surface area contributed by atoms with Crippen LogP contribution in [-0.2, 0) is 5.41 Å². The van der Waals surface area contributed by atoms with E-state index >= 15 is 0 Å². The van der Waals surface area contributed by atoms with Crippen molar-refractivity contribution < 1.29 is 4.79 Å². The molecule has 1 aromatic carbocycles. The van der Waals surface area contributed by atoms with E-state index < -0.39 is 5.41 Å². The van der Waals surface area contributed by atoms with Gasteiger partial charge in [-0.3, -0.25) is 9.59 Å². The van der Waals surface area contributed by atoms with Crippen LogP contribution in [0.5, 0.6) is 0 Å². The topological polar surface area (TPSA) is 77.2 Å². The van der Waals surface area contributed by atoms with Crippen LogP contribution in [-0.4, -0.2) is 31.3 Å². The molecule has 3 aromatic rings. The lowest BCUT2D eigenvalue weighted by Gasteiger charge is -2.14. The van der Waals surface area contributed by atoms with Gasteiger partial charge in [0.1, 0.15) is 5.69 Å². The van der Waals surface area contributed by atoms with Crippen molar-refractivity contribution in [1.82, 2.24) is 19.8 Å². The van der Waals surface area contributed by atoms with E-state index in [0.717, 1.165) is 0 Å². The second-order valence-electron chi connectivity index (χ2n) is 7.65. The Morgan fingerprint density at radius 2 is 1.85 bits per heavy atom. The van der Waals surface area contributed by atoms with Gasteiger partial charge in [0.05, 0.1) is 5.75 Å². The highest BCUT2D eigenvalue weighted by atomic mass is 32.2. The molecule has 0 aliphatic heterocycles. The third kappa shape index (κ3) is 4.27. The third-order valence-electron chi connectivity index (χ3n) is 4.11. The zero-order valence-corrected chi connectivity index (χ0v) is 17.6. The first-order valence-corrected chi connectivity index (χ1v) is 10.5. The summed E-state index contributed by atoms with van der Waals surface area (Å²) in [6.45, 7) is 9.98. The van der Waals surface area contributed by atoms with Crippen LogP contribution in [0.25, 0.3) is 4.96 Å². The van der Waals surface area contributed by atoms with Crippen LogP contribution < -0.4 is 5.56 Å². The molecule has 2 heterocycles. The molecule has 0 N–H and O–H groups in total. The van der Waals surface area contributed by atoms with Crippen molar-refractivity contribution in [2.24, 2.45) is 0 Å². The van der Waals surface area contributed by atoms with Crippen LogP contribution >= 0.6 is 23.1 Å². The second kappa shape index (κ2) is 7.52. The summed E-state index contributed by atoms with van der Waals surface area (Å²) in [6.07, 6.45) is 0. The number of nitrogens with zero attached hydrogens (tertiary/aromatic N) is 4. The average molecular weight is 403 g/mol. The fraction of sp³-hybridized carbons (Fsp3) is 0.421. The molecule has 0 saturated heterocycles. The Morgan fingerprint density at radius 3 is 2.44 bits per heavy atom. The Morgan fingerprint density at radius 1 is 1.19 bits per heavy atom. The first-order valence-electron chi connectivity index (χ1n) is 8.70. The molecule has 6 nitrogen and oxygen atoms in total. The minimum atomic E-state index is -0.402. The zero-order valence-electron chi connectivity index (χ0n) is 16.0. The molecule has 0 saturated carbocycles. The van der Waals surface area contributed by atoms with Gasteiger partial charge in [0.15, 0.2) is 10.1 Å². The lowest BCUT2D eigenvalue weighted by atomic mass is 9.93. The molecule has 0 aliphatic carbocycles. The van der Waals surface area contributed by atoms with Crippen molar-refractivity contribution in [2.45, 2.75) is 50.3 Å². The number of benzene rings is 1. The number of ketones is 1. The van der Waals surface area contributed by atoms with Crippen LogP contribution in [0.3, 0.4) is 0 Å². The molecular formula is C19H22N4O2S2. The zero-order chi connectivity index (χ0) is 19.8. The van der Waals surface area contributed by atoms with Crippen molar-refractivity contribution >= 4 is 33.8 Å². The summed E-state index contributed by atoms with van der Waals surface area (Å²) in [5, 5.41) is 12.5. The van der Waals surface area contributed by atoms with E-state index in [1.807, 2.05) is 45.0 Å². The standard InChI is InChI=1S/C19H22N4O2S2/c1-11(2)12-6-8-13(9-7-12)14(24)10-26-18-22-23-16(25)15(19(3,4)5)20-21-17(23)27-18/h6-9,11H,10H2,1-5H3. The van der Waals surface area contributed by atoms with Crippen molar-refractivity contribution in [3.63, 3.8) is 0 Å². The Bertz CT molecular complexity index is 1030. The van der Waals surface area contributed by atoms with Crippen LogP contribution in [0.4, 0.5) is 0 Å². The first-order chi connectivity index (χ1) is 12.7. The number of aromatic nitrogens is 4. The average Bonchev–Trinajstić information content (AvgIpc) is 3.03. The normalized spacial score (nSPS) is 12.1. The summed E-state index contributed by atoms with van der Waals surface area (Å²) in [6, 6.07) is 7.71. The Balaban J connectivity index is 1.76. The number of rotatable bonds is 5. The maximum atomic E-state index is 12.6. The predicted octanol–water partition coefficient (Wildman–Crippen LogP) is 3.94. The van der Waals surface area contributed by atoms with Gasteiger partial charge in [0, 0.05) is 11.0 Å². The van der Waals surface area contributed by atoms with E-state index in [4.69, 9.17) is 0 Å². The summed E-state index contributed by atoms with van der Waals surface area (Å²) in [4.78, 5) is 25.4. The van der Waals surface area contributed by atoms with E-state index in [0.29, 0.717) is 26.5 Å². The number of carbonyl (C=O) groups is 1. The quantitative estimate of drug-likeness (QED) is 0.475. The van der Waals surface area contributed by atoms with Gasteiger partial charge >= 0.3 is 0 Å². The Kier molecular flexibility index (Phi) is 5.48. The summed E-state index contributed by atoms with van der Waals surface area (Å²) < 4.78 is 1.90. The smallest absolute Gasteiger partial charge is 0.293 e. The Hall–Kier alpha value is -2.06. The largest absolute Gasteiger partial charge is 0.297 e. The Labute approximate surface area is 166 Å². The molecule has 0 radical (unpaired) electrons. The van der Waals surface area contributed by atoms with E-state index in [1.165, 1.54) is 33.2 Å². The molecule has 0 fully saturated rings. The van der Waals surface area contributed by atoms with Gasteiger partial charge in [0.25, 0.3) is 5.56 Å². The van der Waals surface area contributed by atoms with E-state index in [9.17, 15) is 9.59 Å². The molecule has 0 spiro atoms. The molecule has 2 aromatic heterocycles. The van der Waals surface area contributed by atoms with Gasteiger partial charge in [-0.15, -0.1) is 15.3 Å². The molecule has 3 rings (SSSR count). The number of carbonyl (C=O) groups excluding carboxylic acids is 1. The summed E-state index contributed by atoms with van der Waals surface area (Å²) in [5.74, 6) is 0.724. The molecule has 8 heteroatoms. The number of hydrogen-bond acceptors (Lipinski definition) is 7. The van der Waals surface area contributed by atoms with Crippen LogP contribution in [0, 0.1) is 0 Å². The molecule has 0 unspecified atom stereocenters. The van der Waals surface area contributed by atoms with Crippen LogP contribution in [0.2, 0.25) is 0 Å². The van der Waals surface area contributed by atoms with Gasteiger partial charge in [-0.2, -0.15) is 4.52 Å². The highest BCUT2D eigenvalue weighted by molar-refractivity contribution is 8.01. The third-order valence-corrected chi connectivity index (χ3v) is 6.14. The van der Waals surface area contributed by atoms with Crippen molar-refractivity contribution in [1.29, 1.82) is 0 Å². The van der Waals surface area contributed by atoms with Crippen molar-refractivity contribution in [2.75, 3.05) is 5.75 Å². The highest BCUT2D eigenvalue weighted by Gasteiger charge is 2.23. The van der Waals surface area contributed by atoms with Gasteiger partial charge < -0.3 is 0 Å². The van der Waals surface area contributed by atoms with Gasteiger partial charge in [0.2, 0.25) is 4.96 Å². The summed E-state index contributed by atoms with van der Waals surface area (Å²) >= 11 is 2.58. The number of hydrogen-bond donors (Lipinski definition) is 0. The fourth-order valence-electron chi connectivity index (χ4n) is 2.49. The molecule has 0 bridgehead atoms. The molecule has 0 atom stereocenters. The van der Waals surface area contributed by atoms with Gasteiger partial charge in [-0.25, -0.2) is 0 Å². The lowest BCUT2D eigenvalue weighted by molar-refractivity contribution is 0.102. The monoisotopic (exact) mass is 402 g/mol. The lowest BCUT2D eigenvalue weighted by Crippen LogP contribution is -2.30. The molecule has 27 heavy (non-hydrogen) atoms. The number of Topliss-reactive ketones (excluding diaryl/α,β-unsaturated/α-hetero) is 1. The number of fused-ring (bicyclic) bond motifs is 1. The molecule has 0 amide bonds. The minimum absolute atomic E-state index is 0.0309. The van der Waals surface area contributed by atoms with Crippen molar-refractivity contribution in [3.05, 3.63) is 51.4 Å². The van der Waals surface area contributed by atoms with Gasteiger partial charge in [-0.1, -0.05) is 82.0 Å². The molecule has 142 valence electrons. The van der Waals surface area contributed by atoms with Gasteiger partial charge in [-0.05, 0) is 11.5 Å².